The van der Waals surface area contributed by atoms with E-state index in [9.17, 15) is 4.79 Å². The minimum absolute atomic E-state index is 0.0433. The minimum atomic E-state index is 0.0433. The predicted octanol–water partition coefficient (Wildman–Crippen LogP) is 1.23. The number of carbonyl (C=O) groups is 1. The van der Waals surface area contributed by atoms with Crippen LogP contribution in [0.5, 0.6) is 0 Å². The Morgan fingerprint density at radius 1 is 1.58 bits per heavy atom. The molecule has 0 saturated carbocycles. The van der Waals surface area contributed by atoms with Crippen LogP contribution in [0.3, 0.4) is 0 Å². The maximum absolute atomic E-state index is 11.7. The predicted molar refractivity (Wildman–Crippen MR) is 75.2 cm³/mol. The number of ether oxygens (including phenoxy) is 1. The Balaban J connectivity index is 1.58. The van der Waals surface area contributed by atoms with Crippen molar-refractivity contribution in [2.75, 3.05) is 19.7 Å². The highest BCUT2D eigenvalue weighted by molar-refractivity contribution is 7.09. The average Bonchev–Trinajstić information content (AvgIpc) is 2.83. The third-order valence-corrected chi connectivity index (χ3v) is 4.19. The lowest BCUT2D eigenvalue weighted by atomic mass is 10.1. The molecular formula is C13H21N3O2S. The molecule has 0 bridgehead atoms. The standard InChI is InChI=1S/C13H21N3O2S/c1-10-12(19-9-16-10)8-15-13(17)4-7-18-11-2-5-14-6-3-11/h9,11,14H,2-8H2,1H3,(H,15,17). The summed E-state index contributed by atoms with van der Waals surface area (Å²) in [5.74, 6) is 0.0433. The topological polar surface area (TPSA) is 63.2 Å². The van der Waals surface area contributed by atoms with E-state index < -0.39 is 0 Å². The Labute approximate surface area is 117 Å². The average molecular weight is 283 g/mol. The van der Waals surface area contributed by atoms with Crippen LogP contribution < -0.4 is 10.6 Å². The molecule has 0 spiro atoms. The van der Waals surface area contributed by atoms with Crippen molar-refractivity contribution in [1.29, 1.82) is 0 Å². The summed E-state index contributed by atoms with van der Waals surface area (Å²) in [7, 11) is 0. The maximum Gasteiger partial charge on any atom is 0.222 e. The van der Waals surface area contributed by atoms with Gasteiger partial charge in [-0.3, -0.25) is 4.79 Å². The largest absolute Gasteiger partial charge is 0.378 e. The Morgan fingerprint density at radius 2 is 2.37 bits per heavy atom. The summed E-state index contributed by atoms with van der Waals surface area (Å²) in [5, 5.41) is 6.19. The van der Waals surface area contributed by atoms with E-state index in [0.29, 0.717) is 25.7 Å². The van der Waals surface area contributed by atoms with E-state index in [-0.39, 0.29) is 5.91 Å². The van der Waals surface area contributed by atoms with E-state index in [4.69, 9.17) is 4.74 Å². The van der Waals surface area contributed by atoms with Gasteiger partial charge < -0.3 is 15.4 Å². The van der Waals surface area contributed by atoms with E-state index in [1.807, 2.05) is 6.92 Å². The van der Waals surface area contributed by atoms with Gasteiger partial charge in [0.05, 0.1) is 30.5 Å². The summed E-state index contributed by atoms with van der Waals surface area (Å²) in [5.41, 5.74) is 2.80. The monoisotopic (exact) mass is 283 g/mol. The molecule has 1 fully saturated rings. The van der Waals surface area contributed by atoms with Crippen molar-refractivity contribution < 1.29 is 9.53 Å². The fraction of sp³-hybridized carbons (Fsp3) is 0.692. The Morgan fingerprint density at radius 3 is 3.05 bits per heavy atom. The first kappa shape index (κ1) is 14.4. The van der Waals surface area contributed by atoms with Gasteiger partial charge in [-0.25, -0.2) is 4.98 Å². The molecule has 2 rings (SSSR count). The van der Waals surface area contributed by atoms with Crippen LogP contribution in [-0.4, -0.2) is 36.7 Å². The number of piperidine rings is 1. The van der Waals surface area contributed by atoms with Gasteiger partial charge in [0.1, 0.15) is 0 Å². The van der Waals surface area contributed by atoms with Gasteiger partial charge in [-0.05, 0) is 32.9 Å². The molecule has 1 amide bonds. The van der Waals surface area contributed by atoms with Crippen molar-refractivity contribution in [2.45, 2.75) is 38.8 Å². The quantitative estimate of drug-likeness (QED) is 0.824. The van der Waals surface area contributed by atoms with Crippen molar-refractivity contribution in [2.24, 2.45) is 0 Å². The number of aromatic nitrogens is 1. The SMILES string of the molecule is Cc1ncsc1CNC(=O)CCOC1CCNCC1. The van der Waals surface area contributed by atoms with Crippen molar-refractivity contribution in [3.63, 3.8) is 0 Å². The number of thiazole rings is 1. The van der Waals surface area contributed by atoms with Gasteiger partial charge in [0.15, 0.2) is 0 Å². The highest BCUT2D eigenvalue weighted by Gasteiger charge is 2.13. The Hall–Kier alpha value is -0.980. The molecule has 19 heavy (non-hydrogen) atoms. The molecule has 0 unspecified atom stereocenters. The zero-order valence-electron chi connectivity index (χ0n) is 11.3. The van der Waals surface area contributed by atoms with E-state index in [1.165, 1.54) is 0 Å². The number of carbonyl (C=O) groups excluding carboxylic acids is 1. The van der Waals surface area contributed by atoms with Crippen LogP contribution in [0, 0.1) is 6.92 Å². The molecule has 1 saturated heterocycles. The summed E-state index contributed by atoms with van der Waals surface area (Å²) in [6, 6.07) is 0. The van der Waals surface area contributed by atoms with E-state index in [0.717, 1.165) is 36.5 Å². The van der Waals surface area contributed by atoms with Gasteiger partial charge in [0.2, 0.25) is 5.91 Å². The van der Waals surface area contributed by atoms with E-state index >= 15 is 0 Å². The van der Waals surface area contributed by atoms with Crippen molar-refractivity contribution in [3.05, 3.63) is 16.1 Å². The van der Waals surface area contributed by atoms with E-state index in [1.54, 1.807) is 16.8 Å². The zero-order chi connectivity index (χ0) is 13.5. The van der Waals surface area contributed by atoms with Gasteiger partial charge in [0, 0.05) is 11.3 Å². The molecule has 0 atom stereocenters. The summed E-state index contributed by atoms with van der Waals surface area (Å²) in [4.78, 5) is 16.9. The van der Waals surface area contributed by atoms with Crippen LogP contribution in [0.15, 0.2) is 5.51 Å². The molecule has 0 radical (unpaired) electrons. The van der Waals surface area contributed by atoms with Crippen molar-refractivity contribution in [1.82, 2.24) is 15.6 Å². The first-order valence-electron chi connectivity index (χ1n) is 6.73. The number of nitrogens with zero attached hydrogens (tertiary/aromatic N) is 1. The molecule has 6 heteroatoms. The number of aryl methyl sites for hydroxylation is 1. The van der Waals surface area contributed by atoms with Crippen LogP contribution >= 0.6 is 11.3 Å². The molecular weight excluding hydrogens is 262 g/mol. The van der Waals surface area contributed by atoms with Crippen LogP contribution in [-0.2, 0) is 16.1 Å². The first-order valence-corrected chi connectivity index (χ1v) is 7.61. The number of rotatable bonds is 6. The molecule has 2 N–H and O–H groups in total. The summed E-state index contributed by atoms with van der Waals surface area (Å²) in [6.07, 6.45) is 2.84. The Bertz CT molecular complexity index is 402. The lowest BCUT2D eigenvalue weighted by Crippen LogP contribution is -2.33. The van der Waals surface area contributed by atoms with Gasteiger partial charge in [-0.2, -0.15) is 0 Å². The molecule has 106 valence electrons. The second-order valence-corrected chi connectivity index (χ2v) is 5.65. The van der Waals surface area contributed by atoms with Gasteiger partial charge in [0.25, 0.3) is 0 Å². The van der Waals surface area contributed by atoms with Crippen LogP contribution in [0.2, 0.25) is 0 Å². The minimum Gasteiger partial charge on any atom is -0.378 e. The second kappa shape index (κ2) is 7.57. The third kappa shape index (κ3) is 4.89. The fourth-order valence-electron chi connectivity index (χ4n) is 2.04. The van der Waals surface area contributed by atoms with Crippen LogP contribution in [0.25, 0.3) is 0 Å². The van der Waals surface area contributed by atoms with Gasteiger partial charge in [-0.1, -0.05) is 0 Å². The van der Waals surface area contributed by atoms with Crippen LogP contribution in [0.1, 0.15) is 29.8 Å². The lowest BCUT2D eigenvalue weighted by molar-refractivity contribution is -0.122. The molecule has 0 aromatic carbocycles. The summed E-state index contributed by atoms with van der Waals surface area (Å²) in [6.45, 7) is 5.07. The second-order valence-electron chi connectivity index (χ2n) is 4.71. The number of nitrogens with one attached hydrogen (secondary N) is 2. The van der Waals surface area contributed by atoms with E-state index in [2.05, 4.69) is 15.6 Å². The number of hydrogen-bond acceptors (Lipinski definition) is 5. The molecule has 1 aromatic rings. The number of amides is 1. The number of hydrogen-bond donors (Lipinski definition) is 2. The first-order chi connectivity index (χ1) is 9.25. The Kier molecular flexibility index (Phi) is 5.75. The molecule has 0 aliphatic carbocycles. The fourth-order valence-corrected chi connectivity index (χ4v) is 2.76. The maximum atomic E-state index is 11.7. The lowest BCUT2D eigenvalue weighted by Gasteiger charge is -2.22. The highest BCUT2D eigenvalue weighted by atomic mass is 32.1. The molecule has 1 aromatic heterocycles. The molecule has 2 heterocycles. The van der Waals surface area contributed by atoms with Crippen molar-refractivity contribution >= 4 is 17.2 Å². The third-order valence-electron chi connectivity index (χ3n) is 3.26. The van der Waals surface area contributed by atoms with Gasteiger partial charge in [-0.15, -0.1) is 11.3 Å². The van der Waals surface area contributed by atoms with Crippen molar-refractivity contribution in [3.8, 4) is 0 Å². The van der Waals surface area contributed by atoms with Crippen LogP contribution in [0.4, 0.5) is 0 Å². The molecule has 1 aliphatic rings. The summed E-state index contributed by atoms with van der Waals surface area (Å²) < 4.78 is 5.70. The highest BCUT2D eigenvalue weighted by Crippen LogP contribution is 2.11. The van der Waals surface area contributed by atoms with Gasteiger partial charge >= 0.3 is 0 Å². The smallest absolute Gasteiger partial charge is 0.222 e. The summed E-state index contributed by atoms with van der Waals surface area (Å²) >= 11 is 1.57. The normalized spacial score (nSPS) is 16.5. The molecule has 1 aliphatic heterocycles. The molecule has 5 nitrogen and oxygen atoms in total. The zero-order valence-corrected chi connectivity index (χ0v) is 12.1.